The van der Waals surface area contributed by atoms with Crippen LogP contribution in [0.15, 0.2) is 0 Å². The molecule has 70 valence electrons. The normalized spacial score (nSPS) is 28.2. The first-order valence-electron chi connectivity index (χ1n) is 4.25. The minimum Gasteiger partial charge on any atom is -0.463 e. The number of carbonyl (C=O) groups is 1. The number of hydrogen-bond acceptors (Lipinski definition) is 4. The van der Waals surface area contributed by atoms with E-state index in [0.717, 1.165) is 6.54 Å². The first kappa shape index (κ1) is 9.48. The van der Waals surface area contributed by atoms with Gasteiger partial charge >= 0.3 is 5.97 Å². The highest BCUT2D eigenvalue weighted by atomic mass is 16.5. The number of esters is 1. The number of hydrogen-bond donors (Lipinski definition) is 1. The van der Waals surface area contributed by atoms with Crippen molar-refractivity contribution in [2.24, 2.45) is 5.73 Å². The first-order valence-corrected chi connectivity index (χ1v) is 4.25. The van der Waals surface area contributed by atoms with Crippen molar-refractivity contribution in [3.05, 3.63) is 0 Å². The summed E-state index contributed by atoms with van der Waals surface area (Å²) in [4.78, 5) is 12.9. The molecule has 0 aromatic carbocycles. The van der Waals surface area contributed by atoms with E-state index in [4.69, 9.17) is 10.5 Å². The van der Waals surface area contributed by atoms with Crippen LogP contribution < -0.4 is 5.73 Å². The van der Waals surface area contributed by atoms with E-state index in [0.29, 0.717) is 19.2 Å². The molecular formula is C8H16N2O2. The third-order valence-corrected chi connectivity index (χ3v) is 1.96. The van der Waals surface area contributed by atoms with E-state index in [1.165, 1.54) is 0 Å². The van der Waals surface area contributed by atoms with Crippen molar-refractivity contribution >= 4 is 5.97 Å². The van der Waals surface area contributed by atoms with Crippen LogP contribution in [0.4, 0.5) is 0 Å². The zero-order valence-electron chi connectivity index (χ0n) is 7.62. The Balaban J connectivity index is 2.43. The molecule has 1 rings (SSSR count). The molecule has 0 bridgehead atoms. The second-order valence-electron chi connectivity index (χ2n) is 3.44. The van der Waals surface area contributed by atoms with Gasteiger partial charge < -0.3 is 10.5 Å². The molecule has 4 nitrogen and oxygen atoms in total. The van der Waals surface area contributed by atoms with Crippen LogP contribution in [0.1, 0.15) is 13.8 Å². The van der Waals surface area contributed by atoms with Gasteiger partial charge in [0.2, 0.25) is 0 Å². The van der Waals surface area contributed by atoms with E-state index >= 15 is 0 Å². The van der Waals surface area contributed by atoms with Gasteiger partial charge in [-0.25, -0.2) is 0 Å². The number of rotatable bonds is 2. The summed E-state index contributed by atoms with van der Waals surface area (Å²) in [5.74, 6) is -0.145. The van der Waals surface area contributed by atoms with Crippen LogP contribution >= 0.6 is 0 Å². The topological polar surface area (TPSA) is 55.6 Å². The molecule has 2 N–H and O–H groups in total. The minimum atomic E-state index is -0.145. The van der Waals surface area contributed by atoms with Gasteiger partial charge in [-0.05, 0) is 13.8 Å². The lowest BCUT2D eigenvalue weighted by molar-refractivity contribution is -0.153. The Morgan fingerprint density at radius 3 is 3.08 bits per heavy atom. The number of nitrogens with zero attached hydrogens (tertiary/aromatic N) is 1. The number of cyclic esters (lactones) is 1. The maximum Gasteiger partial charge on any atom is 0.320 e. The van der Waals surface area contributed by atoms with E-state index in [1.54, 1.807) is 0 Å². The fourth-order valence-electron chi connectivity index (χ4n) is 1.30. The SMILES string of the molecule is CC(N)CN1CC(=O)OCC1C. The number of ether oxygens (including phenoxy) is 1. The summed E-state index contributed by atoms with van der Waals surface area (Å²) in [6.07, 6.45) is 0. The van der Waals surface area contributed by atoms with Crippen LogP contribution in [0.2, 0.25) is 0 Å². The average molecular weight is 172 g/mol. The molecule has 0 aromatic rings. The van der Waals surface area contributed by atoms with E-state index in [-0.39, 0.29) is 12.0 Å². The van der Waals surface area contributed by atoms with Crippen LogP contribution in [0.3, 0.4) is 0 Å². The number of morpholine rings is 1. The second kappa shape index (κ2) is 3.87. The van der Waals surface area contributed by atoms with Gasteiger partial charge in [-0.15, -0.1) is 0 Å². The molecule has 2 atom stereocenters. The Morgan fingerprint density at radius 1 is 1.83 bits per heavy atom. The monoisotopic (exact) mass is 172 g/mol. The van der Waals surface area contributed by atoms with Gasteiger partial charge in [-0.2, -0.15) is 0 Å². The molecule has 4 heteroatoms. The molecule has 1 aliphatic heterocycles. The summed E-state index contributed by atoms with van der Waals surface area (Å²) < 4.78 is 4.88. The molecule has 0 saturated carbocycles. The highest BCUT2D eigenvalue weighted by Gasteiger charge is 2.24. The Labute approximate surface area is 72.7 Å². The molecule has 0 spiro atoms. The van der Waals surface area contributed by atoms with Crippen molar-refractivity contribution in [1.82, 2.24) is 4.90 Å². The molecular weight excluding hydrogens is 156 g/mol. The van der Waals surface area contributed by atoms with Crippen molar-refractivity contribution in [2.45, 2.75) is 25.9 Å². The summed E-state index contributed by atoms with van der Waals surface area (Å²) in [6, 6.07) is 0.409. The quantitative estimate of drug-likeness (QED) is 0.575. The van der Waals surface area contributed by atoms with Crippen molar-refractivity contribution in [3.63, 3.8) is 0 Å². The Morgan fingerprint density at radius 2 is 2.50 bits per heavy atom. The predicted octanol–water partition coefficient (Wildman–Crippen LogP) is -0.419. The third kappa shape index (κ3) is 2.46. The largest absolute Gasteiger partial charge is 0.463 e. The fraction of sp³-hybridized carbons (Fsp3) is 0.875. The van der Waals surface area contributed by atoms with Crippen LogP contribution in [-0.4, -0.2) is 42.6 Å². The van der Waals surface area contributed by atoms with E-state index < -0.39 is 0 Å². The summed E-state index contributed by atoms with van der Waals surface area (Å²) in [5, 5.41) is 0. The molecule has 1 heterocycles. The lowest BCUT2D eigenvalue weighted by Crippen LogP contribution is -2.49. The van der Waals surface area contributed by atoms with Gasteiger partial charge in [0.15, 0.2) is 0 Å². The van der Waals surface area contributed by atoms with Gasteiger partial charge in [0.1, 0.15) is 6.61 Å². The zero-order valence-corrected chi connectivity index (χ0v) is 7.62. The van der Waals surface area contributed by atoms with Crippen LogP contribution in [0.5, 0.6) is 0 Å². The van der Waals surface area contributed by atoms with Crippen molar-refractivity contribution < 1.29 is 9.53 Å². The van der Waals surface area contributed by atoms with Crippen LogP contribution in [0, 0.1) is 0 Å². The van der Waals surface area contributed by atoms with Gasteiger partial charge in [-0.1, -0.05) is 0 Å². The number of nitrogens with two attached hydrogens (primary N) is 1. The van der Waals surface area contributed by atoms with Gasteiger partial charge in [0.05, 0.1) is 6.54 Å². The summed E-state index contributed by atoms with van der Waals surface area (Å²) in [7, 11) is 0. The number of carbonyl (C=O) groups excluding carboxylic acids is 1. The molecule has 1 saturated heterocycles. The Bertz CT molecular complexity index is 170. The van der Waals surface area contributed by atoms with Crippen molar-refractivity contribution in [1.29, 1.82) is 0 Å². The predicted molar refractivity (Wildman–Crippen MR) is 45.6 cm³/mol. The average Bonchev–Trinajstić information content (AvgIpc) is 1.96. The molecule has 0 amide bonds. The molecule has 0 radical (unpaired) electrons. The van der Waals surface area contributed by atoms with Gasteiger partial charge in [0.25, 0.3) is 0 Å². The zero-order chi connectivity index (χ0) is 9.14. The smallest absolute Gasteiger partial charge is 0.320 e. The molecule has 2 unspecified atom stereocenters. The van der Waals surface area contributed by atoms with E-state index in [9.17, 15) is 4.79 Å². The Hall–Kier alpha value is -0.610. The van der Waals surface area contributed by atoms with Crippen molar-refractivity contribution in [3.8, 4) is 0 Å². The van der Waals surface area contributed by atoms with E-state index in [1.807, 2.05) is 13.8 Å². The van der Waals surface area contributed by atoms with Gasteiger partial charge in [-0.3, -0.25) is 9.69 Å². The molecule has 12 heavy (non-hydrogen) atoms. The Kier molecular flexibility index (Phi) is 3.05. The summed E-state index contributed by atoms with van der Waals surface area (Å²) in [6.45, 7) is 5.60. The van der Waals surface area contributed by atoms with Gasteiger partial charge in [0, 0.05) is 18.6 Å². The standard InChI is InChI=1S/C8H16N2O2/c1-6(9)3-10-4-8(11)12-5-7(10)2/h6-7H,3-5,9H2,1-2H3. The molecule has 1 aliphatic rings. The lowest BCUT2D eigenvalue weighted by atomic mass is 10.2. The van der Waals surface area contributed by atoms with Crippen LogP contribution in [0.25, 0.3) is 0 Å². The fourth-order valence-corrected chi connectivity index (χ4v) is 1.30. The first-order chi connectivity index (χ1) is 5.59. The summed E-state index contributed by atoms with van der Waals surface area (Å²) >= 11 is 0. The van der Waals surface area contributed by atoms with Crippen LogP contribution in [-0.2, 0) is 9.53 Å². The molecule has 0 aromatic heterocycles. The summed E-state index contributed by atoms with van der Waals surface area (Å²) in [5.41, 5.74) is 5.64. The maximum absolute atomic E-state index is 10.9. The minimum absolute atomic E-state index is 0.110. The molecule has 1 fully saturated rings. The second-order valence-corrected chi connectivity index (χ2v) is 3.44. The highest BCUT2D eigenvalue weighted by Crippen LogP contribution is 2.06. The maximum atomic E-state index is 10.9. The molecule has 0 aliphatic carbocycles. The van der Waals surface area contributed by atoms with Crippen molar-refractivity contribution in [2.75, 3.05) is 19.7 Å². The third-order valence-electron chi connectivity index (χ3n) is 1.96. The highest BCUT2D eigenvalue weighted by molar-refractivity contribution is 5.72. The lowest BCUT2D eigenvalue weighted by Gasteiger charge is -2.33. The van der Waals surface area contributed by atoms with E-state index in [2.05, 4.69) is 4.90 Å².